The molecule has 3 heteroatoms. The molecule has 1 saturated carbocycles. The SMILES string of the molecule is CC(Cl)CC(C)NCC1CCC2(CCCC2)O1. The number of nitrogens with one attached hydrogen (secondary N) is 1. The Balaban J connectivity index is 1.67. The van der Waals surface area contributed by atoms with Crippen molar-refractivity contribution >= 4 is 11.6 Å². The third kappa shape index (κ3) is 3.84. The van der Waals surface area contributed by atoms with Gasteiger partial charge in [0.15, 0.2) is 0 Å². The van der Waals surface area contributed by atoms with E-state index in [1.807, 2.05) is 0 Å². The predicted molar refractivity (Wildman–Crippen MR) is 72.7 cm³/mol. The summed E-state index contributed by atoms with van der Waals surface area (Å²) in [5.41, 5.74) is 0.273. The summed E-state index contributed by atoms with van der Waals surface area (Å²) in [4.78, 5) is 0. The van der Waals surface area contributed by atoms with E-state index in [9.17, 15) is 0 Å². The first kappa shape index (κ1) is 13.6. The maximum absolute atomic E-state index is 6.27. The Morgan fingerprint density at radius 2 is 2.00 bits per heavy atom. The van der Waals surface area contributed by atoms with Gasteiger partial charge >= 0.3 is 0 Å². The maximum Gasteiger partial charge on any atom is 0.0708 e. The monoisotopic (exact) mass is 259 g/mol. The number of rotatable bonds is 5. The Bertz CT molecular complexity index is 238. The first-order valence-electron chi connectivity index (χ1n) is 7.15. The molecule has 3 unspecified atom stereocenters. The number of alkyl halides is 1. The number of hydrogen-bond donors (Lipinski definition) is 1. The van der Waals surface area contributed by atoms with Crippen LogP contribution in [0.5, 0.6) is 0 Å². The van der Waals surface area contributed by atoms with Crippen LogP contribution in [0.15, 0.2) is 0 Å². The fourth-order valence-corrected chi connectivity index (χ4v) is 3.60. The quantitative estimate of drug-likeness (QED) is 0.764. The fourth-order valence-electron chi connectivity index (χ4n) is 3.33. The highest BCUT2D eigenvalue weighted by Crippen LogP contribution is 2.43. The summed E-state index contributed by atoms with van der Waals surface area (Å²) in [5, 5.41) is 3.81. The summed E-state index contributed by atoms with van der Waals surface area (Å²) in [6.45, 7) is 5.25. The minimum Gasteiger partial charge on any atom is -0.370 e. The first-order valence-corrected chi connectivity index (χ1v) is 7.59. The first-order chi connectivity index (χ1) is 8.10. The summed E-state index contributed by atoms with van der Waals surface area (Å²) in [7, 11) is 0. The molecule has 1 spiro atoms. The van der Waals surface area contributed by atoms with Gasteiger partial charge in [-0.2, -0.15) is 0 Å². The molecule has 0 aromatic heterocycles. The maximum atomic E-state index is 6.27. The van der Waals surface area contributed by atoms with E-state index in [4.69, 9.17) is 16.3 Å². The molecule has 1 aliphatic heterocycles. The third-order valence-electron chi connectivity index (χ3n) is 4.23. The van der Waals surface area contributed by atoms with E-state index in [-0.39, 0.29) is 11.0 Å². The lowest BCUT2D eigenvalue weighted by Crippen LogP contribution is -2.36. The second-order valence-electron chi connectivity index (χ2n) is 5.99. The average molecular weight is 260 g/mol. The summed E-state index contributed by atoms with van der Waals surface area (Å²) < 4.78 is 6.27. The number of halogens is 1. The van der Waals surface area contributed by atoms with Gasteiger partial charge in [0.2, 0.25) is 0 Å². The van der Waals surface area contributed by atoms with Crippen LogP contribution in [0.1, 0.15) is 58.8 Å². The van der Waals surface area contributed by atoms with Crippen molar-refractivity contribution in [2.24, 2.45) is 0 Å². The molecule has 1 saturated heterocycles. The zero-order chi connectivity index (χ0) is 12.3. The highest BCUT2D eigenvalue weighted by Gasteiger charge is 2.41. The molecular formula is C14H26ClNO. The van der Waals surface area contributed by atoms with Crippen LogP contribution in [0, 0.1) is 0 Å². The molecule has 1 heterocycles. The second kappa shape index (κ2) is 5.90. The van der Waals surface area contributed by atoms with Gasteiger partial charge in [-0.05, 0) is 46.0 Å². The molecule has 0 radical (unpaired) electrons. The molecule has 100 valence electrons. The Morgan fingerprint density at radius 3 is 2.65 bits per heavy atom. The van der Waals surface area contributed by atoms with Gasteiger partial charge in [0.25, 0.3) is 0 Å². The van der Waals surface area contributed by atoms with Crippen LogP contribution < -0.4 is 5.32 Å². The molecule has 1 aliphatic carbocycles. The van der Waals surface area contributed by atoms with Crippen molar-refractivity contribution in [3.63, 3.8) is 0 Å². The Hall–Kier alpha value is 0.210. The van der Waals surface area contributed by atoms with Gasteiger partial charge in [0.1, 0.15) is 0 Å². The number of hydrogen-bond acceptors (Lipinski definition) is 2. The van der Waals surface area contributed by atoms with E-state index >= 15 is 0 Å². The zero-order valence-corrected chi connectivity index (χ0v) is 11.9. The van der Waals surface area contributed by atoms with Crippen molar-refractivity contribution in [3.8, 4) is 0 Å². The van der Waals surface area contributed by atoms with Gasteiger partial charge in [-0.15, -0.1) is 11.6 Å². The highest BCUT2D eigenvalue weighted by molar-refractivity contribution is 6.20. The largest absolute Gasteiger partial charge is 0.370 e. The lowest BCUT2D eigenvalue weighted by Gasteiger charge is -2.25. The molecule has 0 aromatic rings. The Morgan fingerprint density at radius 1 is 1.29 bits per heavy atom. The third-order valence-corrected chi connectivity index (χ3v) is 4.40. The van der Waals surface area contributed by atoms with E-state index < -0.39 is 0 Å². The topological polar surface area (TPSA) is 21.3 Å². The van der Waals surface area contributed by atoms with Crippen LogP contribution >= 0.6 is 11.6 Å². The van der Waals surface area contributed by atoms with Gasteiger partial charge < -0.3 is 10.1 Å². The second-order valence-corrected chi connectivity index (χ2v) is 6.74. The summed E-state index contributed by atoms with van der Waals surface area (Å²) in [6.07, 6.45) is 9.27. The molecule has 2 aliphatic rings. The molecule has 2 rings (SSSR count). The molecular weight excluding hydrogens is 234 g/mol. The lowest BCUT2D eigenvalue weighted by molar-refractivity contribution is -0.0358. The van der Waals surface area contributed by atoms with Crippen LogP contribution in [-0.2, 0) is 4.74 Å². The van der Waals surface area contributed by atoms with E-state index in [0.717, 1.165) is 13.0 Å². The fraction of sp³-hybridized carbons (Fsp3) is 1.00. The Kier molecular flexibility index (Phi) is 4.73. The smallest absolute Gasteiger partial charge is 0.0708 e. The van der Waals surface area contributed by atoms with Gasteiger partial charge in [0.05, 0.1) is 11.7 Å². The van der Waals surface area contributed by atoms with Gasteiger partial charge in [-0.3, -0.25) is 0 Å². The van der Waals surface area contributed by atoms with Crippen LogP contribution in [0.3, 0.4) is 0 Å². The number of ether oxygens (including phenoxy) is 1. The predicted octanol–water partition coefficient (Wildman–Crippen LogP) is 3.47. The molecule has 0 aromatic carbocycles. The van der Waals surface area contributed by atoms with Gasteiger partial charge in [-0.25, -0.2) is 0 Å². The van der Waals surface area contributed by atoms with Gasteiger partial charge in [0, 0.05) is 18.0 Å². The zero-order valence-electron chi connectivity index (χ0n) is 11.2. The van der Waals surface area contributed by atoms with Crippen molar-refractivity contribution in [2.75, 3.05) is 6.54 Å². The van der Waals surface area contributed by atoms with Crippen LogP contribution in [0.25, 0.3) is 0 Å². The summed E-state index contributed by atoms with van der Waals surface area (Å²) in [6, 6.07) is 0.492. The van der Waals surface area contributed by atoms with Gasteiger partial charge in [-0.1, -0.05) is 12.8 Å². The van der Waals surface area contributed by atoms with Crippen molar-refractivity contribution < 1.29 is 4.74 Å². The van der Waals surface area contributed by atoms with E-state index in [0.29, 0.717) is 12.1 Å². The van der Waals surface area contributed by atoms with Crippen LogP contribution in [0.2, 0.25) is 0 Å². The molecule has 0 amide bonds. The van der Waals surface area contributed by atoms with Crippen LogP contribution in [-0.4, -0.2) is 29.7 Å². The van der Waals surface area contributed by atoms with Crippen molar-refractivity contribution in [2.45, 2.75) is 81.9 Å². The molecule has 0 bridgehead atoms. The highest BCUT2D eigenvalue weighted by atomic mass is 35.5. The standard InChI is InChI=1S/C14H26ClNO/c1-11(15)9-12(2)16-10-13-5-8-14(17-13)6-3-4-7-14/h11-13,16H,3-10H2,1-2H3. The summed E-state index contributed by atoms with van der Waals surface area (Å²) >= 11 is 6.00. The molecule has 1 N–H and O–H groups in total. The minimum atomic E-state index is 0.253. The molecule has 2 nitrogen and oxygen atoms in total. The van der Waals surface area contributed by atoms with Crippen molar-refractivity contribution in [1.29, 1.82) is 0 Å². The van der Waals surface area contributed by atoms with E-state index in [2.05, 4.69) is 19.2 Å². The van der Waals surface area contributed by atoms with E-state index in [1.165, 1.54) is 38.5 Å². The van der Waals surface area contributed by atoms with Crippen LogP contribution in [0.4, 0.5) is 0 Å². The Labute approximate surface area is 110 Å². The van der Waals surface area contributed by atoms with Crippen molar-refractivity contribution in [3.05, 3.63) is 0 Å². The van der Waals surface area contributed by atoms with E-state index in [1.54, 1.807) is 0 Å². The average Bonchev–Trinajstić information content (AvgIpc) is 2.86. The normalized spacial score (nSPS) is 30.9. The van der Waals surface area contributed by atoms with Crippen molar-refractivity contribution in [1.82, 2.24) is 5.32 Å². The minimum absolute atomic E-state index is 0.253. The molecule has 17 heavy (non-hydrogen) atoms. The lowest BCUT2D eigenvalue weighted by atomic mass is 9.98. The summed E-state index contributed by atoms with van der Waals surface area (Å²) in [5.74, 6) is 0. The molecule has 2 fully saturated rings. The molecule has 3 atom stereocenters.